The molecule has 44 heavy (non-hydrogen) atoms. The number of carbonyl (C=O) groups excluding carboxylic acids is 1. The number of nitrogens with zero attached hydrogens (tertiary/aromatic N) is 3. The third-order valence-electron chi connectivity index (χ3n) is 8.07. The second-order valence-electron chi connectivity index (χ2n) is 11.9. The van der Waals surface area contributed by atoms with E-state index in [0.29, 0.717) is 29.0 Å². The number of nitro benzene ring substituents is 1. The van der Waals surface area contributed by atoms with Crippen LogP contribution in [0.5, 0.6) is 5.75 Å². The molecule has 5 rings (SSSR count). The molecule has 3 aromatic carbocycles. The van der Waals surface area contributed by atoms with E-state index < -0.39 is 33.6 Å². The number of ketones is 1. The van der Waals surface area contributed by atoms with Crippen molar-refractivity contribution in [1.29, 1.82) is 5.26 Å². The molecule has 0 aromatic heterocycles. The number of Topliss-reactive ketones (excluding diaryl/α,β-unsaturated/α-hetero) is 1. The number of hydrogen-bond donors (Lipinski definition) is 1. The highest BCUT2D eigenvalue weighted by atomic mass is 35.5. The van der Waals surface area contributed by atoms with Crippen LogP contribution in [0.1, 0.15) is 54.9 Å². The molecule has 2 N–H and O–H groups in total. The summed E-state index contributed by atoms with van der Waals surface area (Å²) in [6.45, 7) is 7.65. The van der Waals surface area contributed by atoms with Gasteiger partial charge in [0.2, 0.25) is 0 Å². The van der Waals surface area contributed by atoms with Crippen molar-refractivity contribution < 1.29 is 23.2 Å². The Balaban J connectivity index is 1.70. The van der Waals surface area contributed by atoms with Crippen molar-refractivity contribution in [1.82, 2.24) is 0 Å². The number of ether oxygens (including phenoxy) is 1. The first-order chi connectivity index (χ1) is 20.7. The molecule has 2 aliphatic rings. The topological polar surface area (TPSA) is 122 Å². The van der Waals surface area contributed by atoms with E-state index >= 15 is 0 Å². The molecule has 1 aliphatic carbocycles. The van der Waals surface area contributed by atoms with E-state index in [2.05, 4.69) is 6.07 Å². The Morgan fingerprint density at radius 3 is 2.45 bits per heavy atom. The van der Waals surface area contributed by atoms with E-state index in [0.717, 1.165) is 34.9 Å². The molecule has 0 saturated heterocycles. The number of aryl methyl sites for hydroxylation is 2. The number of nitrogens with two attached hydrogens (primary N) is 1. The van der Waals surface area contributed by atoms with Crippen LogP contribution in [0.15, 0.2) is 71.2 Å². The molecule has 1 aliphatic heterocycles. The highest BCUT2D eigenvalue weighted by Gasteiger charge is 2.46. The highest BCUT2D eigenvalue weighted by molar-refractivity contribution is 6.32. The van der Waals surface area contributed by atoms with Gasteiger partial charge in [0.05, 0.1) is 33.6 Å². The molecule has 3 aromatic rings. The number of benzene rings is 3. The summed E-state index contributed by atoms with van der Waals surface area (Å²) < 4.78 is 33.6. The summed E-state index contributed by atoms with van der Waals surface area (Å²) in [4.78, 5) is 26.6. The third kappa shape index (κ3) is 5.51. The maximum atomic E-state index is 14.1. The standard InChI is InChI=1S/C33H29ClF2N4O4/c1-17-9-18(2)22(10-19(17)16-44-29-8-6-20(35)11-24(29)34)30-23(15-37)32(38)39(25-7-5-21(36)12-26(25)40(42)43)27-13-33(3,4)14-28(41)31(27)30/h5-12,30H,13-14,16,38H2,1-4H3. The smallest absolute Gasteiger partial charge is 0.296 e. The summed E-state index contributed by atoms with van der Waals surface area (Å²) in [6.07, 6.45) is 0.507. The average Bonchev–Trinajstić information content (AvgIpc) is 2.92. The fraction of sp³-hybridized carbons (Fsp3) is 0.273. The van der Waals surface area contributed by atoms with Gasteiger partial charge < -0.3 is 10.5 Å². The van der Waals surface area contributed by atoms with Crippen LogP contribution in [0.2, 0.25) is 5.02 Å². The fourth-order valence-electron chi connectivity index (χ4n) is 6.06. The Kier molecular flexibility index (Phi) is 7.95. The molecular weight excluding hydrogens is 590 g/mol. The molecule has 226 valence electrons. The zero-order chi connectivity index (χ0) is 32.1. The maximum Gasteiger partial charge on any atom is 0.296 e. The van der Waals surface area contributed by atoms with Gasteiger partial charge in [-0.1, -0.05) is 37.6 Å². The largest absolute Gasteiger partial charge is 0.487 e. The Morgan fingerprint density at radius 1 is 1.11 bits per heavy atom. The molecule has 1 unspecified atom stereocenters. The van der Waals surface area contributed by atoms with E-state index in [1.54, 1.807) is 0 Å². The molecule has 0 bridgehead atoms. The van der Waals surface area contributed by atoms with E-state index in [9.17, 15) is 29.0 Å². The molecule has 1 heterocycles. The lowest BCUT2D eigenvalue weighted by molar-refractivity contribution is -0.384. The van der Waals surface area contributed by atoms with E-state index in [4.69, 9.17) is 22.1 Å². The average molecular weight is 619 g/mol. The third-order valence-corrected chi connectivity index (χ3v) is 8.36. The molecule has 1 atom stereocenters. The van der Waals surface area contributed by atoms with Crippen LogP contribution in [0, 0.1) is 52.3 Å². The lowest BCUT2D eigenvalue weighted by Crippen LogP contribution is -2.42. The maximum absolute atomic E-state index is 14.1. The monoisotopic (exact) mass is 618 g/mol. The summed E-state index contributed by atoms with van der Waals surface area (Å²) in [5.41, 5.74) is 9.41. The molecule has 0 radical (unpaired) electrons. The van der Waals surface area contributed by atoms with Crippen LogP contribution in [0.3, 0.4) is 0 Å². The summed E-state index contributed by atoms with van der Waals surface area (Å²) in [5, 5.41) is 22.6. The number of anilines is 1. The van der Waals surface area contributed by atoms with Gasteiger partial charge in [0.15, 0.2) is 5.78 Å². The number of carbonyl (C=O) groups is 1. The summed E-state index contributed by atoms with van der Waals surface area (Å²) in [6, 6.07) is 12.9. The second-order valence-corrected chi connectivity index (χ2v) is 12.3. The zero-order valence-corrected chi connectivity index (χ0v) is 25.3. The number of nitriles is 1. The summed E-state index contributed by atoms with van der Waals surface area (Å²) in [7, 11) is 0. The molecule has 0 spiro atoms. The lowest BCUT2D eigenvalue weighted by Gasteiger charge is -2.43. The van der Waals surface area contributed by atoms with Crippen LogP contribution in [-0.4, -0.2) is 10.7 Å². The van der Waals surface area contributed by atoms with Crippen LogP contribution in [-0.2, 0) is 11.4 Å². The van der Waals surface area contributed by atoms with Gasteiger partial charge in [-0.05, 0) is 78.3 Å². The predicted octanol–water partition coefficient (Wildman–Crippen LogP) is 7.66. The van der Waals surface area contributed by atoms with Crippen molar-refractivity contribution in [2.24, 2.45) is 11.1 Å². The minimum Gasteiger partial charge on any atom is -0.487 e. The molecule has 0 amide bonds. The quantitative estimate of drug-likeness (QED) is 0.222. The lowest BCUT2D eigenvalue weighted by atomic mass is 9.68. The van der Waals surface area contributed by atoms with Crippen molar-refractivity contribution in [3.05, 3.63) is 120 Å². The first-order valence-corrected chi connectivity index (χ1v) is 14.2. The molecular formula is C33H29ClF2N4O4. The minimum absolute atomic E-state index is 0.0378. The Hall–Kier alpha value is -4.75. The van der Waals surface area contributed by atoms with Crippen LogP contribution >= 0.6 is 11.6 Å². The first kappa shape index (κ1) is 30.7. The van der Waals surface area contributed by atoms with Crippen molar-refractivity contribution in [2.75, 3.05) is 4.90 Å². The number of allylic oxidation sites excluding steroid dienone is 3. The minimum atomic E-state index is -0.858. The van der Waals surface area contributed by atoms with Crippen molar-refractivity contribution in [2.45, 2.75) is 53.1 Å². The second kappa shape index (κ2) is 11.4. The Morgan fingerprint density at radius 2 is 1.80 bits per heavy atom. The van der Waals surface area contributed by atoms with E-state index in [1.165, 1.54) is 23.1 Å². The van der Waals surface area contributed by atoms with Gasteiger partial charge in [0.1, 0.15) is 35.5 Å². The van der Waals surface area contributed by atoms with Crippen LogP contribution in [0.4, 0.5) is 20.2 Å². The van der Waals surface area contributed by atoms with Crippen LogP contribution in [0.25, 0.3) is 0 Å². The van der Waals surface area contributed by atoms with E-state index in [1.807, 2.05) is 39.8 Å². The van der Waals surface area contributed by atoms with Gasteiger partial charge >= 0.3 is 0 Å². The van der Waals surface area contributed by atoms with Gasteiger partial charge in [-0.15, -0.1) is 0 Å². The molecule has 8 nitrogen and oxygen atoms in total. The van der Waals surface area contributed by atoms with Crippen LogP contribution < -0.4 is 15.4 Å². The van der Waals surface area contributed by atoms with Gasteiger partial charge in [-0.25, -0.2) is 8.78 Å². The zero-order valence-electron chi connectivity index (χ0n) is 24.5. The van der Waals surface area contributed by atoms with Gasteiger partial charge in [-0.2, -0.15) is 5.26 Å². The van der Waals surface area contributed by atoms with Crippen molar-refractivity contribution in [3.8, 4) is 11.8 Å². The van der Waals surface area contributed by atoms with Gasteiger partial charge in [0, 0.05) is 17.7 Å². The number of rotatable bonds is 6. The molecule has 0 fully saturated rings. The number of nitro groups is 1. The SMILES string of the molecule is Cc1cc(C)c(C2C(C#N)=C(N)N(c3ccc(F)cc3[N+](=O)[O-])C3=C2C(=O)CC(C)(C)C3)cc1COc1ccc(F)cc1Cl. The number of halogens is 3. The predicted molar refractivity (Wildman–Crippen MR) is 162 cm³/mol. The first-order valence-electron chi connectivity index (χ1n) is 13.8. The van der Waals surface area contributed by atoms with Crippen molar-refractivity contribution in [3.63, 3.8) is 0 Å². The van der Waals surface area contributed by atoms with Gasteiger partial charge in [0.25, 0.3) is 5.69 Å². The normalized spacial score (nSPS) is 17.8. The number of hydrogen-bond acceptors (Lipinski definition) is 7. The summed E-state index contributed by atoms with van der Waals surface area (Å²) >= 11 is 6.15. The van der Waals surface area contributed by atoms with Gasteiger partial charge in [-0.3, -0.25) is 19.8 Å². The highest BCUT2D eigenvalue weighted by Crippen LogP contribution is 2.52. The van der Waals surface area contributed by atoms with E-state index in [-0.39, 0.29) is 40.9 Å². The fourth-order valence-corrected chi connectivity index (χ4v) is 6.28. The Labute approximate surface area is 258 Å². The Bertz CT molecular complexity index is 1840. The molecule has 11 heteroatoms. The molecule has 0 saturated carbocycles. The summed E-state index contributed by atoms with van der Waals surface area (Å²) in [5.74, 6) is -2.16. The van der Waals surface area contributed by atoms with Crippen molar-refractivity contribution >= 4 is 28.8 Å².